The van der Waals surface area contributed by atoms with E-state index in [1.165, 1.54) is 30.4 Å². The Balaban J connectivity index is 0.00000312. The Hall–Kier alpha value is -0.550. The minimum atomic E-state index is -3.66. The minimum Gasteiger partial charge on any atom is -0.355 e. The molecule has 1 aromatic carbocycles. The zero-order chi connectivity index (χ0) is 17.6. The highest BCUT2D eigenvalue weighted by atomic mass is 127. The quantitative estimate of drug-likeness (QED) is 0.357. The number of halogens is 2. The number of guanidine groups is 1. The lowest BCUT2D eigenvalue weighted by Gasteiger charge is -2.24. The number of nitrogens with one attached hydrogen (secondary N) is 2. The van der Waals surface area contributed by atoms with Crippen molar-refractivity contribution in [2.75, 3.05) is 31.6 Å². The molecule has 1 fully saturated rings. The second-order valence-electron chi connectivity index (χ2n) is 6.00. The van der Waals surface area contributed by atoms with Crippen molar-refractivity contribution in [3.63, 3.8) is 0 Å². The minimum absolute atomic E-state index is 0. The Morgan fingerprint density at radius 3 is 2.68 bits per heavy atom. The largest absolute Gasteiger partial charge is 0.355 e. The van der Waals surface area contributed by atoms with Crippen molar-refractivity contribution >= 4 is 51.5 Å². The van der Waals surface area contributed by atoms with E-state index in [1.807, 2.05) is 11.8 Å². The summed E-state index contributed by atoms with van der Waals surface area (Å²) in [6.07, 6.45) is 2.37. The molecule has 0 amide bonds. The van der Waals surface area contributed by atoms with Crippen LogP contribution in [0.2, 0.25) is 0 Å². The number of nitrogens with zero attached hydrogens (tertiary/aromatic N) is 1. The van der Waals surface area contributed by atoms with Crippen LogP contribution in [0.25, 0.3) is 0 Å². The second kappa shape index (κ2) is 9.96. The summed E-state index contributed by atoms with van der Waals surface area (Å²) in [5.74, 6) is 0.824. The molecule has 1 aliphatic heterocycles. The third kappa shape index (κ3) is 6.59. The lowest BCUT2D eigenvalue weighted by Crippen LogP contribution is -2.44. The first kappa shape index (κ1) is 22.5. The van der Waals surface area contributed by atoms with E-state index in [1.54, 1.807) is 7.05 Å². The first-order chi connectivity index (χ1) is 11.4. The van der Waals surface area contributed by atoms with Gasteiger partial charge in [0.15, 0.2) is 15.8 Å². The highest BCUT2D eigenvalue weighted by molar-refractivity contribution is 14.0. The standard InChI is InChI=1S/C16H24FN3O2S2.HI/c1-16(8-5-10-23-16)12-20-15(18-2)19-9-11-24(21,22)14-7-4-3-6-13(14)17;/h3-4,6-7H,5,8-12H2,1-2H3,(H2,18,19,20);1H. The van der Waals surface area contributed by atoms with Crippen molar-refractivity contribution < 1.29 is 12.8 Å². The maximum atomic E-state index is 13.6. The van der Waals surface area contributed by atoms with Gasteiger partial charge in [-0.15, -0.1) is 24.0 Å². The van der Waals surface area contributed by atoms with Gasteiger partial charge < -0.3 is 10.6 Å². The van der Waals surface area contributed by atoms with Gasteiger partial charge in [0.1, 0.15) is 10.7 Å². The van der Waals surface area contributed by atoms with Gasteiger partial charge in [-0.3, -0.25) is 4.99 Å². The summed E-state index contributed by atoms with van der Waals surface area (Å²) in [5.41, 5.74) is 0. The Bertz CT molecular complexity index is 692. The maximum Gasteiger partial charge on any atom is 0.191 e. The molecule has 0 saturated carbocycles. The summed E-state index contributed by atoms with van der Waals surface area (Å²) in [7, 11) is -2.02. The van der Waals surface area contributed by atoms with Crippen LogP contribution < -0.4 is 10.6 Å². The van der Waals surface area contributed by atoms with Crippen LogP contribution in [0, 0.1) is 5.82 Å². The number of rotatable bonds is 6. The Morgan fingerprint density at radius 2 is 2.08 bits per heavy atom. The van der Waals surface area contributed by atoms with Crippen LogP contribution in [0.5, 0.6) is 0 Å². The molecule has 5 nitrogen and oxygen atoms in total. The number of benzene rings is 1. The molecule has 1 saturated heterocycles. The average molecular weight is 501 g/mol. The summed E-state index contributed by atoms with van der Waals surface area (Å²) in [6, 6.07) is 5.43. The van der Waals surface area contributed by atoms with Crippen LogP contribution in [0.3, 0.4) is 0 Å². The van der Waals surface area contributed by atoms with E-state index in [-0.39, 0.29) is 45.9 Å². The topological polar surface area (TPSA) is 70.6 Å². The molecule has 0 spiro atoms. The van der Waals surface area contributed by atoms with Crippen LogP contribution in [-0.4, -0.2) is 50.8 Å². The van der Waals surface area contributed by atoms with Crippen molar-refractivity contribution in [1.82, 2.24) is 10.6 Å². The normalized spacial score (nSPS) is 20.8. The molecular weight excluding hydrogens is 476 g/mol. The summed E-state index contributed by atoms with van der Waals surface area (Å²) in [6.45, 7) is 3.16. The zero-order valence-corrected chi connectivity index (χ0v) is 18.4. The molecular formula is C16H25FIN3O2S2. The third-order valence-corrected chi connectivity index (χ3v) is 7.27. The third-order valence-electron chi connectivity index (χ3n) is 3.99. The SMILES string of the molecule is CN=C(NCCS(=O)(=O)c1ccccc1F)NCC1(C)CCCS1.I. The first-order valence-corrected chi connectivity index (χ1v) is 10.6. The van der Waals surface area contributed by atoms with Crippen molar-refractivity contribution in [3.8, 4) is 0 Å². The van der Waals surface area contributed by atoms with Crippen LogP contribution in [0.15, 0.2) is 34.2 Å². The van der Waals surface area contributed by atoms with E-state index >= 15 is 0 Å². The Morgan fingerprint density at radius 1 is 1.36 bits per heavy atom. The van der Waals surface area contributed by atoms with Gasteiger partial charge in [0, 0.05) is 24.9 Å². The van der Waals surface area contributed by atoms with E-state index in [2.05, 4.69) is 22.5 Å². The predicted octanol–water partition coefficient (Wildman–Crippen LogP) is 2.67. The van der Waals surface area contributed by atoms with E-state index < -0.39 is 15.7 Å². The second-order valence-corrected chi connectivity index (χ2v) is 9.76. The average Bonchev–Trinajstić information content (AvgIpc) is 2.98. The van der Waals surface area contributed by atoms with Crippen molar-refractivity contribution in [2.45, 2.75) is 29.4 Å². The molecule has 1 heterocycles. The molecule has 142 valence electrons. The van der Waals surface area contributed by atoms with Gasteiger partial charge in [-0.05, 0) is 37.7 Å². The van der Waals surface area contributed by atoms with Crippen molar-refractivity contribution in [2.24, 2.45) is 4.99 Å². The molecule has 0 aliphatic carbocycles. The van der Waals surface area contributed by atoms with Crippen LogP contribution in [0.4, 0.5) is 4.39 Å². The van der Waals surface area contributed by atoms with Crippen molar-refractivity contribution in [3.05, 3.63) is 30.1 Å². The van der Waals surface area contributed by atoms with Crippen molar-refractivity contribution in [1.29, 1.82) is 0 Å². The summed E-state index contributed by atoms with van der Waals surface area (Å²) in [5, 5.41) is 6.22. The number of hydrogen-bond acceptors (Lipinski definition) is 4. The fourth-order valence-corrected chi connectivity index (χ4v) is 5.06. The Kier molecular flexibility index (Phi) is 8.96. The summed E-state index contributed by atoms with van der Waals surface area (Å²) >= 11 is 1.94. The van der Waals surface area contributed by atoms with E-state index in [0.717, 1.165) is 19.0 Å². The predicted molar refractivity (Wildman–Crippen MR) is 113 cm³/mol. The first-order valence-electron chi connectivity index (χ1n) is 7.92. The molecule has 1 unspecified atom stereocenters. The number of hydrogen-bond donors (Lipinski definition) is 2. The molecule has 0 bridgehead atoms. The fraction of sp³-hybridized carbons (Fsp3) is 0.562. The number of aliphatic imine (C=N–C) groups is 1. The number of thioether (sulfide) groups is 1. The van der Waals surface area contributed by atoms with Gasteiger partial charge in [0.2, 0.25) is 0 Å². The molecule has 2 N–H and O–H groups in total. The van der Waals surface area contributed by atoms with Gasteiger partial charge in [0.25, 0.3) is 0 Å². The summed E-state index contributed by atoms with van der Waals surface area (Å²) < 4.78 is 38.2. The lowest BCUT2D eigenvalue weighted by atomic mass is 10.1. The maximum absolute atomic E-state index is 13.6. The molecule has 0 aromatic heterocycles. The molecule has 1 atom stereocenters. The summed E-state index contributed by atoms with van der Waals surface area (Å²) in [4.78, 5) is 3.85. The fourth-order valence-electron chi connectivity index (χ4n) is 2.58. The smallest absolute Gasteiger partial charge is 0.191 e. The van der Waals surface area contributed by atoms with Crippen LogP contribution >= 0.6 is 35.7 Å². The van der Waals surface area contributed by atoms with Crippen LogP contribution in [0.1, 0.15) is 19.8 Å². The molecule has 1 aliphatic rings. The van der Waals surface area contributed by atoms with Crippen LogP contribution in [-0.2, 0) is 9.84 Å². The molecule has 9 heteroatoms. The van der Waals surface area contributed by atoms with Gasteiger partial charge in [0.05, 0.1) is 5.75 Å². The van der Waals surface area contributed by atoms with E-state index in [0.29, 0.717) is 5.96 Å². The monoisotopic (exact) mass is 501 g/mol. The van der Waals surface area contributed by atoms with E-state index in [9.17, 15) is 12.8 Å². The number of sulfone groups is 1. The zero-order valence-electron chi connectivity index (χ0n) is 14.4. The van der Waals surface area contributed by atoms with Gasteiger partial charge >= 0.3 is 0 Å². The molecule has 1 aromatic rings. The van der Waals surface area contributed by atoms with Gasteiger partial charge in [-0.25, -0.2) is 12.8 Å². The Labute approximate surface area is 170 Å². The highest BCUT2D eigenvalue weighted by Crippen LogP contribution is 2.36. The molecule has 2 rings (SSSR count). The lowest BCUT2D eigenvalue weighted by molar-refractivity contribution is 0.565. The van der Waals surface area contributed by atoms with E-state index in [4.69, 9.17) is 0 Å². The molecule has 0 radical (unpaired) electrons. The molecule has 25 heavy (non-hydrogen) atoms. The van der Waals surface area contributed by atoms with Gasteiger partial charge in [-0.1, -0.05) is 12.1 Å². The highest BCUT2D eigenvalue weighted by Gasteiger charge is 2.29. The van der Waals surface area contributed by atoms with Gasteiger partial charge in [-0.2, -0.15) is 11.8 Å².